The molecule has 1 spiro atoms. The van der Waals surface area contributed by atoms with Gasteiger partial charge in [0.05, 0.1) is 12.1 Å². The molecule has 2 aliphatic heterocycles. The van der Waals surface area contributed by atoms with Gasteiger partial charge in [0.1, 0.15) is 18.2 Å². The van der Waals surface area contributed by atoms with Crippen LogP contribution in [0.15, 0.2) is 72.0 Å². The molecule has 1 atom stereocenters. The molecule has 164 valence electrons. The van der Waals surface area contributed by atoms with Crippen LogP contribution in [0.4, 0.5) is 5.69 Å². The summed E-state index contributed by atoms with van der Waals surface area (Å²) >= 11 is 0. The van der Waals surface area contributed by atoms with Crippen molar-refractivity contribution >= 4 is 17.4 Å². The maximum Gasteiger partial charge on any atom is 0.242 e. The zero-order valence-corrected chi connectivity index (χ0v) is 18.3. The first-order chi connectivity index (χ1) is 15.6. The number of para-hydroxylation sites is 1. The molecule has 7 nitrogen and oxygen atoms in total. The topological polar surface area (TPSA) is 74.6 Å². The zero-order valence-electron chi connectivity index (χ0n) is 18.3. The van der Waals surface area contributed by atoms with E-state index in [2.05, 4.69) is 45.9 Å². The molecule has 1 fully saturated rings. The van der Waals surface area contributed by atoms with Gasteiger partial charge in [-0.15, -0.1) is 0 Å². The van der Waals surface area contributed by atoms with Gasteiger partial charge in [0.15, 0.2) is 0 Å². The van der Waals surface area contributed by atoms with E-state index in [0.717, 1.165) is 35.9 Å². The summed E-state index contributed by atoms with van der Waals surface area (Å²) in [5, 5.41) is 7.36. The molecule has 3 heterocycles. The fraction of sp³-hybridized carbons (Fsp3) is 0.320. The number of rotatable bonds is 4. The highest BCUT2D eigenvalue weighted by Crippen LogP contribution is 2.30. The van der Waals surface area contributed by atoms with E-state index in [9.17, 15) is 4.79 Å². The third-order valence-electron chi connectivity index (χ3n) is 6.45. The number of hydrogen-bond acceptors (Lipinski definition) is 4. The highest BCUT2D eigenvalue weighted by molar-refractivity contribution is 6.04. The lowest BCUT2D eigenvalue weighted by molar-refractivity contribution is -0.130. The second-order valence-electron chi connectivity index (χ2n) is 8.54. The van der Waals surface area contributed by atoms with Crippen LogP contribution >= 0.6 is 0 Å². The molecule has 3 aromatic rings. The number of benzene rings is 2. The number of aliphatic imine (C=N–C) groups is 1. The maximum absolute atomic E-state index is 13.1. The van der Waals surface area contributed by atoms with Gasteiger partial charge in [-0.25, -0.2) is 4.98 Å². The lowest BCUT2D eigenvalue weighted by Gasteiger charge is -2.30. The number of amidine groups is 1. The molecule has 1 unspecified atom stereocenters. The summed E-state index contributed by atoms with van der Waals surface area (Å²) in [5.41, 5.74) is 3.04. The number of carbonyl (C=O) groups is 1. The van der Waals surface area contributed by atoms with E-state index in [4.69, 9.17) is 4.99 Å². The molecular formula is C25H28N6O. The van der Waals surface area contributed by atoms with Crippen LogP contribution in [0.2, 0.25) is 0 Å². The van der Waals surface area contributed by atoms with Crippen molar-refractivity contribution in [3.8, 4) is 0 Å². The molecule has 0 radical (unpaired) electrons. The minimum atomic E-state index is -0.395. The summed E-state index contributed by atoms with van der Waals surface area (Å²) in [6.45, 7) is 4.84. The maximum atomic E-state index is 13.1. The number of anilines is 1. The van der Waals surface area contributed by atoms with E-state index in [1.807, 2.05) is 46.9 Å². The van der Waals surface area contributed by atoms with Crippen LogP contribution in [-0.2, 0) is 24.4 Å². The summed E-state index contributed by atoms with van der Waals surface area (Å²) in [4.78, 5) is 24.3. The van der Waals surface area contributed by atoms with Crippen molar-refractivity contribution in [2.45, 2.75) is 38.5 Å². The fourth-order valence-corrected chi connectivity index (χ4v) is 4.51. The van der Waals surface area contributed by atoms with E-state index >= 15 is 0 Å². The number of hydrogen-bond donors (Lipinski definition) is 2. The Morgan fingerprint density at radius 1 is 1.16 bits per heavy atom. The van der Waals surface area contributed by atoms with Crippen LogP contribution in [0.5, 0.6) is 0 Å². The number of likely N-dealkylation sites (tertiary alicyclic amines) is 1. The minimum Gasteiger partial charge on any atom is -0.342 e. The first-order valence-corrected chi connectivity index (χ1v) is 11.1. The van der Waals surface area contributed by atoms with Gasteiger partial charge in [0, 0.05) is 37.7 Å². The molecule has 5 rings (SSSR count). The zero-order chi connectivity index (χ0) is 22.0. The second kappa shape index (κ2) is 8.59. The van der Waals surface area contributed by atoms with E-state index in [1.54, 1.807) is 6.20 Å². The Labute approximate surface area is 188 Å². The number of imidazole rings is 1. The molecule has 0 saturated carbocycles. The van der Waals surface area contributed by atoms with Crippen molar-refractivity contribution in [1.29, 1.82) is 0 Å². The van der Waals surface area contributed by atoms with E-state index in [0.29, 0.717) is 26.2 Å². The lowest BCUT2D eigenvalue weighted by atomic mass is 9.96. The predicted octanol–water partition coefficient (Wildman–Crippen LogP) is 2.98. The molecular weight excluding hydrogens is 400 g/mol. The van der Waals surface area contributed by atoms with Gasteiger partial charge < -0.3 is 14.8 Å². The monoisotopic (exact) mass is 428 g/mol. The van der Waals surface area contributed by atoms with Crippen molar-refractivity contribution in [3.63, 3.8) is 0 Å². The molecule has 0 aliphatic carbocycles. The van der Waals surface area contributed by atoms with Crippen molar-refractivity contribution in [3.05, 3.63) is 83.9 Å². The molecule has 7 heteroatoms. The van der Waals surface area contributed by atoms with Crippen LogP contribution in [-0.4, -0.2) is 44.8 Å². The molecule has 2 N–H and O–H groups in total. The standard InChI is InChI=1S/C25H28N6O/c1-19-26-12-14-30(19)17-23(32)31-13-11-25(18-31)24(27-15-20-7-3-2-4-8-20)29-22-10-6-5-9-21(22)16-28-25/h2-10,12,14,28H,11,13,15-18H2,1H3,(H,27,29). The van der Waals surface area contributed by atoms with Gasteiger partial charge in [-0.1, -0.05) is 48.5 Å². The average Bonchev–Trinajstić information content (AvgIpc) is 3.39. The molecule has 32 heavy (non-hydrogen) atoms. The van der Waals surface area contributed by atoms with Crippen LogP contribution < -0.4 is 10.6 Å². The number of aryl methyl sites for hydroxylation is 1. The summed E-state index contributed by atoms with van der Waals surface area (Å²) in [7, 11) is 0. The van der Waals surface area contributed by atoms with E-state index in [1.165, 1.54) is 5.56 Å². The Bertz CT molecular complexity index is 1140. The summed E-state index contributed by atoms with van der Waals surface area (Å²) in [6, 6.07) is 18.6. The quantitative estimate of drug-likeness (QED) is 0.670. The number of carbonyl (C=O) groups excluding carboxylic acids is 1. The van der Waals surface area contributed by atoms with Crippen LogP contribution in [0, 0.1) is 6.92 Å². The highest BCUT2D eigenvalue weighted by atomic mass is 16.2. The first-order valence-electron chi connectivity index (χ1n) is 11.1. The SMILES string of the molecule is Cc1nccn1CC(=O)N1CCC2(C1)NCc1ccccc1NC2=NCc1ccccc1. The van der Waals surface area contributed by atoms with Gasteiger partial charge in [0.2, 0.25) is 5.91 Å². The Hall–Kier alpha value is -3.45. The van der Waals surface area contributed by atoms with E-state index < -0.39 is 5.54 Å². The fourth-order valence-electron chi connectivity index (χ4n) is 4.51. The number of nitrogens with one attached hydrogen (secondary N) is 2. The summed E-state index contributed by atoms with van der Waals surface area (Å²) in [5.74, 6) is 1.86. The number of aromatic nitrogens is 2. The molecule has 1 aromatic heterocycles. The predicted molar refractivity (Wildman–Crippen MR) is 125 cm³/mol. The van der Waals surface area contributed by atoms with Crippen molar-refractivity contribution in [2.24, 2.45) is 4.99 Å². The number of amides is 1. The minimum absolute atomic E-state index is 0.106. The molecule has 1 saturated heterocycles. The second-order valence-corrected chi connectivity index (χ2v) is 8.54. The smallest absolute Gasteiger partial charge is 0.242 e. The first kappa shape index (κ1) is 20.5. The van der Waals surface area contributed by atoms with Crippen molar-refractivity contribution in [1.82, 2.24) is 19.8 Å². The third-order valence-corrected chi connectivity index (χ3v) is 6.45. The normalized spacial score (nSPS) is 21.4. The van der Waals surface area contributed by atoms with Gasteiger partial charge >= 0.3 is 0 Å². The lowest BCUT2D eigenvalue weighted by Crippen LogP contribution is -2.55. The van der Waals surface area contributed by atoms with Crippen LogP contribution in [0.25, 0.3) is 0 Å². The summed E-state index contributed by atoms with van der Waals surface area (Å²) in [6.07, 6.45) is 4.40. The van der Waals surface area contributed by atoms with E-state index in [-0.39, 0.29) is 5.91 Å². The molecule has 1 amide bonds. The largest absolute Gasteiger partial charge is 0.342 e. The van der Waals surface area contributed by atoms with Gasteiger partial charge in [-0.3, -0.25) is 15.1 Å². The Balaban J connectivity index is 1.41. The molecule has 2 aliphatic rings. The van der Waals surface area contributed by atoms with Gasteiger partial charge in [-0.2, -0.15) is 0 Å². The molecule has 2 aromatic carbocycles. The van der Waals surface area contributed by atoms with Gasteiger partial charge in [0.25, 0.3) is 0 Å². The van der Waals surface area contributed by atoms with Crippen LogP contribution in [0.3, 0.4) is 0 Å². The number of fused-ring (bicyclic) bond motifs is 1. The van der Waals surface area contributed by atoms with Crippen molar-refractivity contribution < 1.29 is 4.79 Å². The van der Waals surface area contributed by atoms with Gasteiger partial charge in [-0.05, 0) is 30.5 Å². The Morgan fingerprint density at radius 3 is 2.78 bits per heavy atom. The Morgan fingerprint density at radius 2 is 1.97 bits per heavy atom. The summed E-state index contributed by atoms with van der Waals surface area (Å²) < 4.78 is 1.90. The third kappa shape index (κ3) is 4.03. The highest BCUT2D eigenvalue weighted by Gasteiger charge is 2.45. The average molecular weight is 429 g/mol. The number of nitrogens with zero attached hydrogens (tertiary/aromatic N) is 4. The Kier molecular flexibility index (Phi) is 5.49. The van der Waals surface area contributed by atoms with Crippen LogP contribution in [0.1, 0.15) is 23.4 Å². The molecule has 0 bridgehead atoms. The van der Waals surface area contributed by atoms with Crippen molar-refractivity contribution in [2.75, 3.05) is 18.4 Å².